The van der Waals surface area contributed by atoms with Crippen molar-refractivity contribution in [1.29, 1.82) is 0 Å². The van der Waals surface area contributed by atoms with Crippen molar-refractivity contribution >= 4 is 77.7 Å². The van der Waals surface area contributed by atoms with Gasteiger partial charge in [0.15, 0.2) is 5.58 Å². The largest absolute Gasteiger partial charge is 0.454 e. The number of thiophene rings is 1. The monoisotopic (exact) mass is 1030 g/mol. The van der Waals surface area contributed by atoms with Gasteiger partial charge in [-0.2, -0.15) is 11.3 Å². The Labute approximate surface area is 391 Å². The van der Waals surface area contributed by atoms with E-state index in [0.717, 1.165) is 94.3 Å². The number of para-hydroxylation sites is 4. The SMILES string of the molecule is CC(C)Cc1cc(-c2[c-]cccc2)ncc1[Si](C)(C)C.[2H]C([2H])([2H])c1ccc(-c2ccc3sc4c[c-]c(-c5nc6ccccc6n5-c5cccc6c5oc5ccccc56)cc4c3c2)cc1.[Ir]. The number of fused-ring (bicyclic) bond motifs is 7. The van der Waals surface area contributed by atoms with E-state index in [1.165, 1.54) is 15.5 Å². The van der Waals surface area contributed by atoms with Gasteiger partial charge in [-0.05, 0) is 87.7 Å². The number of furan rings is 1. The molecule has 0 N–H and O–H groups in total. The molecule has 7 heteroatoms. The van der Waals surface area contributed by atoms with Crippen LogP contribution in [0.25, 0.3) is 92.6 Å². The smallest absolute Gasteiger partial charge is 0.158 e. The second kappa shape index (κ2) is 17.3. The Kier molecular flexibility index (Phi) is 10.6. The van der Waals surface area contributed by atoms with E-state index in [-0.39, 0.29) is 20.1 Å². The maximum absolute atomic E-state index is 7.71. The summed E-state index contributed by atoms with van der Waals surface area (Å²) in [4.78, 5) is 9.82. The molecule has 63 heavy (non-hydrogen) atoms. The van der Waals surface area contributed by atoms with Crippen LogP contribution in [0.1, 0.15) is 29.1 Å². The van der Waals surface area contributed by atoms with Gasteiger partial charge in [-0.15, -0.1) is 59.7 Å². The van der Waals surface area contributed by atoms with Crippen molar-refractivity contribution in [3.63, 3.8) is 0 Å². The molecule has 4 heterocycles. The molecule has 0 aliphatic heterocycles. The van der Waals surface area contributed by atoms with Gasteiger partial charge in [0.1, 0.15) is 5.58 Å². The molecule has 0 aliphatic rings. The Balaban J connectivity index is 0.000000221. The fourth-order valence-electron chi connectivity index (χ4n) is 8.53. The van der Waals surface area contributed by atoms with E-state index in [0.29, 0.717) is 11.5 Å². The van der Waals surface area contributed by atoms with Crippen molar-refractivity contribution in [2.75, 3.05) is 0 Å². The number of hydrogen-bond acceptors (Lipinski definition) is 4. The van der Waals surface area contributed by atoms with Gasteiger partial charge in [0.05, 0.1) is 30.6 Å². The number of nitrogens with zero attached hydrogens (tertiary/aromatic N) is 3. The van der Waals surface area contributed by atoms with Crippen molar-refractivity contribution in [2.45, 2.75) is 46.8 Å². The molecule has 0 saturated carbocycles. The molecule has 0 amide bonds. The number of benzene rings is 7. The molecular weight excluding hydrogens is 983 g/mol. The fraction of sp³-hybridized carbons (Fsp3) is 0.143. The number of imidazole rings is 1. The molecule has 1 radical (unpaired) electrons. The predicted molar refractivity (Wildman–Crippen MR) is 266 cm³/mol. The summed E-state index contributed by atoms with van der Waals surface area (Å²) in [6.07, 6.45) is 3.24. The maximum Gasteiger partial charge on any atom is 0.158 e. The van der Waals surface area contributed by atoms with Gasteiger partial charge in [-0.1, -0.05) is 129 Å². The molecule has 11 rings (SSSR count). The van der Waals surface area contributed by atoms with Crippen molar-refractivity contribution in [3.8, 4) is 39.5 Å². The minimum atomic E-state index is -2.12. The second-order valence-corrected chi connectivity index (χ2v) is 23.5. The van der Waals surface area contributed by atoms with Crippen LogP contribution in [-0.2, 0) is 26.5 Å². The third-order valence-corrected chi connectivity index (χ3v) is 14.7. The number of hydrogen-bond donors (Lipinski definition) is 0. The summed E-state index contributed by atoms with van der Waals surface area (Å²) < 4.78 is 34.1. The quantitative estimate of drug-likeness (QED) is 0.118. The first-order chi connectivity index (χ1) is 31.3. The molecule has 11 aromatic rings. The fourth-order valence-corrected chi connectivity index (χ4v) is 11.2. The predicted octanol–water partition coefficient (Wildman–Crippen LogP) is 15.0. The van der Waals surface area contributed by atoms with Crippen molar-refractivity contribution in [2.24, 2.45) is 5.92 Å². The van der Waals surface area contributed by atoms with E-state index in [9.17, 15) is 0 Å². The van der Waals surface area contributed by atoms with Gasteiger partial charge < -0.3 is 14.0 Å². The molecule has 4 aromatic heterocycles. The summed E-state index contributed by atoms with van der Waals surface area (Å²) in [5.41, 5.74) is 11.3. The summed E-state index contributed by atoms with van der Waals surface area (Å²) >= 11 is 1.74. The summed E-state index contributed by atoms with van der Waals surface area (Å²) in [7, 11) is -1.34. The van der Waals surface area contributed by atoms with E-state index < -0.39 is 14.9 Å². The van der Waals surface area contributed by atoms with Crippen LogP contribution in [0.3, 0.4) is 0 Å². The molecule has 0 aliphatic carbocycles. The first-order valence-corrected chi connectivity index (χ1v) is 25.5. The topological polar surface area (TPSA) is 43.9 Å². The first-order valence-electron chi connectivity index (χ1n) is 22.6. The van der Waals surface area contributed by atoms with Crippen LogP contribution < -0.4 is 5.19 Å². The van der Waals surface area contributed by atoms with E-state index in [4.69, 9.17) is 13.5 Å². The standard InChI is InChI=1S/C38H23N2OS.C18H24NSi.Ir/c1-23-13-15-24(16-14-23)25-17-19-35-29(21-25)30-22-26(18-20-36(30)42-35)38-39-31-9-3-4-10-32(31)40(38)33-11-6-8-28-27-7-2-5-12-34(27)41-37(28)33;1-14(2)11-16-12-17(15-9-7-6-8-10-15)19-13-18(16)20(3,4)5;/h2-17,19-22H,1H3;6-9,12-14H,11H2,1-5H3;/q2*-1;/i1D3;;. The Morgan fingerprint density at radius 3 is 2.29 bits per heavy atom. The zero-order valence-electron chi connectivity index (χ0n) is 38.8. The van der Waals surface area contributed by atoms with Crippen molar-refractivity contribution in [1.82, 2.24) is 14.5 Å². The zero-order valence-corrected chi connectivity index (χ0v) is 40.0. The van der Waals surface area contributed by atoms with Gasteiger partial charge in [0.2, 0.25) is 0 Å². The summed E-state index contributed by atoms with van der Waals surface area (Å²) in [6.45, 7) is 9.61. The number of pyridine rings is 1. The van der Waals surface area contributed by atoms with E-state index in [2.05, 4.69) is 134 Å². The summed E-state index contributed by atoms with van der Waals surface area (Å²) in [5, 5.41) is 5.91. The number of aryl methyl sites for hydroxylation is 1. The molecule has 0 unspecified atom stereocenters. The molecule has 0 saturated heterocycles. The van der Waals surface area contributed by atoms with Gasteiger partial charge in [0, 0.05) is 45.9 Å². The third kappa shape index (κ3) is 8.23. The number of rotatable bonds is 7. The van der Waals surface area contributed by atoms with E-state index in [1.807, 2.05) is 66.7 Å². The zero-order chi connectivity index (χ0) is 45.0. The Morgan fingerprint density at radius 2 is 1.49 bits per heavy atom. The van der Waals surface area contributed by atoms with Gasteiger partial charge in [-0.3, -0.25) is 4.98 Å². The van der Waals surface area contributed by atoms with Crippen LogP contribution in [0, 0.1) is 24.9 Å². The van der Waals surface area contributed by atoms with Crippen molar-refractivity contribution in [3.05, 3.63) is 181 Å². The molecule has 0 spiro atoms. The van der Waals surface area contributed by atoms with E-state index >= 15 is 0 Å². The molecule has 0 bridgehead atoms. The Hall–Kier alpha value is -5.95. The maximum atomic E-state index is 7.71. The van der Waals surface area contributed by atoms with Crippen LogP contribution in [0.4, 0.5) is 0 Å². The molecule has 7 aromatic carbocycles. The third-order valence-electron chi connectivity index (χ3n) is 11.5. The number of aromatic nitrogens is 3. The van der Waals surface area contributed by atoms with Crippen LogP contribution in [-0.4, -0.2) is 22.6 Å². The van der Waals surface area contributed by atoms with Crippen LogP contribution >= 0.6 is 11.3 Å². The minimum absolute atomic E-state index is 0. The van der Waals surface area contributed by atoms with Crippen molar-refractivity contribution < 1.29 is 28.6 Å². The average molecular weight is 1030 g/mol. The van der Waals surface area contributed by atoms with Gasteiger partial charge in [0.25, 0.3) is 0 Å². The second-order valence-electron chi connectivity index (χ2n) is 17.4. The van der Waals surface area contributed by atoms with Gasteiger partial charge >= 0.3 is 0 Å². The van der Waals surface area contributed by atoms with Gasteiger partial charge in [-0.25, -0.2) is 0 Å². The van der Waals surface area contributed by atoms with Crippen LogP contribution in [0.2, 0.25) is 19.6 Å². The van der Waals surface area contributed by atoms with Crippen LogP contribution in [0.5, 0.6) is 0 Å². The Morgan fingerprint density at radius 1 is 0.730 bits per heavy atom. The Bertz CT molecular complexity index is 3530. The molecule has 0 fully saturated rings. The van der Waals surface area contributed by atoms with Crippen LogP contribution in [0.15, 0.2) is 162 Å². The summed E-state index contributed by atoms with van der Waals surface area (Å²) in [6, 6.07) is 57.6. The average Bonchev–Trinajstić information content (AvgIpc) is 4.00. The minimum Gasteiger partial charge on any atom is -0.454 e. The normalized spacial score (nSPS) is 12.6. The molecule has 313 valence electrons. The van der Waals surface area contributed by atoms with E-state index in [1.54, 1.807) is 23.5 Å². The molecule has 4 nitrogen and oxygen atoms in total. The molecular formula is C56H47IrN3OSSi-2. The summed E-state index contributed by atoms with van der Waals surface area (Å²) in [5.74, 6) is 1.46. The molecule has 0 atom stereocenters. The first kappa shape index (κ1) is 38.7.